The van der Waals surface area contributed by atoms with E-state index in [0.717, 1.165) is 19.4 Å². The minimum Gasteiger partial charge on any atom is -0.507 e. The SMILES string of the molecule is O=C(NCC1CCCOC1)c1ccc(Br)c(O)c1. The van der Waals surface area contributed by atoms with E-state index in [0.29, 0.717) is 29.1 Å². The Morgan fingerprint density at radius 2 is 2.39 bits per heavy atom. The normalized spacial score (nSPS) is 19.5. The van der Waals surface area contributed by atoms with Crippen LogP contribution in [0.5, 0.6) is 5.75 Å². The molecular formula is C13H16BrNO3. The van der Waals surface area contributed by atoms with Gasteiger partial charge in [-0.25, -0.2) is 0 Å². The van der Waals surface area contributed by atoms with Crippen molar-refractivity contribution in [1.29, 1.82) is 0 Å². The number of hydrogen-bond acceptors (Lipinski definition) is 3. The van der Waals surface area contributed by atoms with Gasteiger partial charge in [-0.2, -0.15) is 0 Å². The van der Waals surface area contributed by atoms with Crippen molar-refractivity contribution < 1.29 is 14.6 Å². The average molecular weight is 314 g/mol. The number of carbonyl (C=O) groups excluding carboxylic acids is 1. The molecule has 1 aromatic rings. The molecule has 5 heteroatoms. The Balaban J connectivity index is 1.88. The summed E-state index contributed by atoms with van der Waals surface area (Å²) in [4.78, 5) is 11.9. The van der Waals surface area contributed by atoms with Gasteiger partial charge in [0.25, 0.3) is 5.91 Å². The molecule has 0 bridgehead atoms. The summed E-state index contributed by atoms with van der Waals surface area (Å²) in [7, 11) is 0. The highest BCUT2D eigenvalue weighted by Crippen LogP contribution is 2.24. The van der Waals surface area contributed by atoms with Gasteiger partial charge in [-0.1, -0.05) is 0 Å². The van der Waals surface area contributed by atoms with Gasteiger partial charge < -0.3 is 15.2 Å². The number of nitrogens with one attached hydrogen (secondary N) is 1. The van der Waals surface area contributed by atoms with Crippen LogP contribution < -0.4 is 5.32 Å². The zero-order valence-corrected chi connectivity index (χ0v) is 11.6. The van der Waals surface area contributed by atoms with Crippen LogP contribution in [-0.2, 0) is 4.74 Å². The van der Waals surface area contributed by atoms with Crippen LogP contribution in [0.1, 0.15) is 23.2 Å². The lowest BCUT2D eigenvalue weighted by Crippen LogP contribution is -2.33. The summed E-state index contributed by atoms with van der Waals surface area (Å²) in [5.41, 5.74) is 0.465. The predicted molar refractivity (Wildman–Crippen MR) is 71.7 cm³/mol. The second-order valence-electron chi connectivity index (χ2n) is 4.46. The van der Waals surface area contributed by atoms with Crippen LogP contribution in [0.3, 0.4) is 0 Å². The quantitative estimate of drug-likeness (QED) is 0.900. The number of phenols is 1. The Labute approximate surface area is 114 Å². The predicted octanol–water partition coefficient (Wildman–Crippen LogP) is 2.31. The molecule has 98 valence electrons. The van der Waals surface area contributed by atoms with E-state index >= 15 is 0 Å². The van der Waals surface area contributed by atoms with E-state index in [9.17, 15) is 9.90 Å². The Morgan fingerprint density at radius 3 is 3.06 bits per heavy atom. The van der Waals surface area contributed by atoms with Crippen molar-refractivity contribution in [1.82, 2.24) is 5.32 Å². The maximum Gasteiger partial charge on any atom is 0.251 e. The maximum absolute atomic E-state index is 11.9. The lowest BCUT2D eigenvalue weighted by atomic mass is 10.0. The standard InChI is InChI=1S/C13H16BrNO3/c14-11-4-3-10(6-12(11)16)13(17)15-7-9-2-1-5-18-8-9/h3-4,6,9,16H,1-2,5,7-8H2,(H,15,17). The first-order valence-electron chi connectivity index (χ1n) is 6.01. The number of benzene rings is 1. The molecule has 1 heterocycles. The summed E-state index contributed by atoms with van der Waals surface area (Å²) in [6.07, 6.45) is 2.14. The molecule has 0 aliphatic carbocycles. The van der Waals surface area contributed by atoms with E-state index in [-0.39, 0.29) is 11.7 Å². The van der Waals surface area contributed by atoms with Crippen LogP contribution in [0, 0.1) is 5.92 Å². The molecule has 1 unspecified atom stereocenters. The molecule has 1 atom stereocenters. The molecule has 2 N–H and O–H groups in total. The molecule has 0 saturated carbocycles. The van der Waals surface area contributed by atoms with Crippen LogP contribution in [0.25, 0.3) is 0 Å². The van der Waals surface area contributed by atoms with Crippen molar-refractivity contribution in [3.8, 4) is 5.75 Å². The third kappa shape index (κ3) is 3.46. The second-order valence-corrected chi connectivity index (χ2v) is 5.31. The van der Waals surface area contributed by atoms with Gasteiger partial charge in [0.1, 0.15) is 5.75 Å². The zero-order chi connectivity index (χ0) is 13.0. The molecule has 0 aromatic heterocycles. The van der Waals surface area contributed by atoms with Crippen LogP contribution in [0.15, 0.2) is 22.7 Å². The average Bonchev–Trinajstić information content (AvgIpc) is 2.40. The largest absolute Gasteiger partial charge is 0.507 e. The second kappa shape index (κ2) is 6.20. The van der Waals surface area contributed by atoms with Gasteiger partial charge in [-0.15, -0.1) is 0 Å². The van der Waals surface area contributed by atoms with Crippen molar-refractivity contribution in [2.75, 3.05) is 19.8 Å². The number of aromatic hydroxyl groups is 1. The molecule has 1 aromatic carbocycles. The van der Waals surface area contributed by atoms with Crippen molar-refractivity contribution in [2.45, 2.75) is 12.8 Å². The fraction of sp³-hybridized carbons (Fsp3) is 0.462. The van der Waals surface area contributed by atoms with E-state index in [1.807, 2.05) is 0 Å². The monoisotopic (exact) mass is 313 g/mol. The van der Waals surface area contributed by atoms with Crippen LogP contribution >= 0.6 is 15.9 Å². The highest BCUT2D eigenvalue weighted by atomic mass is 79.9. The first-order chi connectivity index (χ1) is 8.66. The summed E-state index contributed by atoms with van der Waals surface area (Å²) in [6, 6.07) is 4.79. The molecule has 4 nitrogen and oxygen atoms in total. The smallest absolute Gasteiger partial charge is 0.251 e. The van der Waals surface area contributed by atoms with E-state index < -0.39 is 0 Å². The van der Waals surface area contributed by atoms with Gasteiger partial charge in [0, 0.05) is 18.7 Å². The summed E-state index contributed by atoms with van der Waals surface area (Å²) in [6.45, 7) is 2.16. The van der Waals surface area contributed by atoms with E-state index in [1.165, 1.54) is 6.07 Å². The van der Waals surface area contributed by atoms with Gasteiger partial charge in [0.05, 0.1) is 11.1 Å². The molecule has 0 spiro atoms. The Kier molecular flexibility index (Phi) is 4.60. The topological polar surface area (TPSA) is 58.6 Å². The van der Waals surface area contributed by atoms with E-state index in [2.05, 4.69) is 21.2 Å². The summed E-state index contributed by atoms with van der Waals surface area (Å²) < 4.78 is 5.94. The Hall–Kier alpha value is -1.07. The number of ether oxygens (including phenoxy) is 1. The molecule has 1 fully saturated rings. The summed E-state index contributed by atoms with van der Waals surface area (Å²) in [5, 5.41) is 12.4. The first kappa shape index (κ1) is 13.4. The molecule has 1 aliphatic rings. The Morgan fingerprint density at radius 1 is 1.56 bits per heavy atom. The van der Waals surface area contributed by atoms with Crippen molar-refractivity contribution in [2.24, 2.45) is 5.92 Å². The highest BCUT2D eigenvalue weighted by molar-refractivity contribution is 9.10. The number of amides is 1. The maximum atomic E-state index is 11.9. The third-order valence-corrected chi connectivity index (χ3v) is 3.68. The summed E-state index contributed by atoms with van der Waals surface area (Å²) in [5.74, 6) is 0.304. The molecule has 2 rings (SSSR count). The third-order valence-electron chi connectivity index (χ3n) is 3.01. The minimum atomic E-state index is -0.164. The first-order valence-corrected chi connectivity index (χ1v) is 6.80. The number of rotatable bonds is 3. The number of hydrogen-bond donors (Lipinski definition) is 2. The van der Waals surface area contributed by atoms with Crippen molar-refractivity contribution in [3.63, 3.8) is 0 Å². The minimum absolute atomic E-state index is 0.0728. The number of halogens is 1. The van der Waals surface area contributed by atoms with Crippen LogP contribution in [0.2, 0.25) is 0 Å². The van der Waals surface area contributed by atoms with Gasteiger partial charge in [0.15, 0.2) is 0 Å². The molecule has 1 saturated heterocycles. The van der Waals surface area contributed by atoms with Gasteiger partial charge in [-0.05, 0) is 52.9 Å². The van der Waals surface area contributed by atoms with Gasteiger partial charge in [0.2, 0.25) is 0 Å². The summed E-state index contributed by atoms with van der Waals surface area (Å²) >= 11 is 3.18. The fourth-order valence-electron chi connectivity index (χ4n) is 1.96. The number of phenolic OH excluding ortho intramolecular Hbond substituents is 1. The zero-order valence-electron chi connectivity index (χ0n) is 9.99. The fourth-order valence-corrected chi connectivity index (χ4v) is 2.21. The van der Waals surface area contributed by atoms with E-state index in [1.54, 1.807) is 12.1 Å². The Bertz CT molecular complexity index is 430. The molecule has 1 amide bonds. The van der Waals surface area contributed by atoms with E-state index in [4.69, 9.17) is 4.74 Å². The van der Waals surface area contributed by atoms with Gasteiger partial charge >= 0.3 is 0 Å². The molecule has 1 aliphatic heterocycles. The lowest BCUT2D eigenvalue weighted by molar-refractivity contribution is 0.0536. The number of carbonyl (C=O) groups is 1. The molecule has 0 radical (unpaired) electrons. The van der Waals surface area contributed by atoms with Crippen LogP contribution in [0.4, 0.5) is 0 Å². The van der Waals surface area contributed by atoms with Crippen molar-refractivity contribution in [3.05, 3.63) is 28.2 Å². The molecular weight excluding hydrogens is 298 g/mol. The molecule has 18 heavy (non-hydrogen) atoms. The highest BCUT2D eigenvalue weighted by Gasteiger charge is 2.15. The van der Waals surface area contributed by atoms with Crippen LogP contribution in [-0.4, -0.2) is 30.8 Å². The lowest BCUT2D eigenvalue weighted by Gasteiger charge is -2.22. The van der Waals surface area contributed by atoms with Crippen molar-refractivity contribution >= 4 is 21.8 Å². The van der Waals surface area contributed by atoms with Gasteiger partial charge in [-0.3, -0.25) is 4.79 Å².